The lowest BCUT2D eigenvalue weighted by Crippen LogP contribution is -2.42. The van der Waals surface area contributed by atoms with Crippen molar-refractivity contribution in [1.82, 2.24) is 4.90 Å². The predicted molar refractivity (Wildman–Crippen MR) is 108 cm³/mol. The van der Waals surface area contributed by atoms with E-state index >= 15 is 0 Å². The first-order chi connectivity index (χ1) is 13.7. The molecule has 1 atom stereocenters. The van der Waals surface area contributed by atoms with Gasteiger partial charge in [0.25, 0.3) is 11.1 Å². The summed E-state index contributed by atoms with van der Waals surface area (Å²) in [5.74, 6) is -1.99. The topological polar surface area (TPSA) is 119 Å². The van der Waals surface area contributed by atoms with Crippen LogP contribution in [0.3, 0.4) is 0 Å². The van der Waals surface area contributed by atoms with Crippen LogP contribution in [0, 0.1) is 0 Å². The third-order valence-electron chi connectivity index (χ3n) is 3.73. The standard InChI is InChI=1S/C18H18BrNO8S/c1-4-27-17(24)9(2)20-16(23)13(29-18(20)25)7-10-5-11(19)15(12(6-10)26-3)28-8-14(21)22/h5-7,9H,4,8H2,1-3H3,(H,21,22)/b13-7-/t9-/m0/s1. The molecule has 1 fully saturated rings. The zero-order chi connectivity index (χ0) is 21.7. The Labute approximate surface area is 179 Å². The number of amides is 2. The predicted octanol–water partition coefficient (Wildman–Crippen LogP) is 2.91. The molecule has 0 aliphatic carbocycles. The van der Waals surface area contributed by atoms with Crippen LogP contribution in [0.1, 0.15) is 19.4 Å². The molecule has 1 aliphatic heterocycles. The number of benzene rings is 1. The maximum atomic E-state index is 12.6. The third kappa shape index (κ3) is 5.30. The van der Waals surface area contributed by atoms with Gasteiger partial charge in [-0.1, -0.05) is 0 Å². The number of thioether (sulfide) groups is 1. The molecule has 0 bridgehead atoms. The highest BCUT2D eigenvalue weighted by Gasteiger charge is 2.41. The van der Waals surface area contributed by atoms with Crippen molar-refractivity contribution in [1.29, 1.82) is 0 Å². The molecule has 1 aliphatic rings. The van der Waals surface area contributed by atoms with Gasteiger partial charge < -0.3 is 19.3 Å². The Morgan fingerprint density at radius 2 is 2.03 bits per heavy atom. The van der Waals surface area contributed by atoms with Crippen molar-refractivity contribution in [2.24, 2.45) is 0 Å². The van der Waals surface area contributed by atoms with Crippen LogP contribution in [-0.2, 0) is 19.1 Å². The smallest absolute Gasteiger partial charge is 0.341 e. The fraction of sp³-hybridized carbons (Fsp3) is 0.333. The maximum absolute atomic E-state index is 12.6. The molecule has 2 rings (SSSR count). The van der Waals surface area contributed by atoms with Crippen LogP contribution in [0.4, 0.5) is 4.79 Å². The van der Waals surface area contributed by atoms with E-state index in [4.69, 9.17) is 19.3 Å². The minimum absolute atomic E-state index is 0.124. The van der Waals surface area contributed by atoms with Crippen molar-refractivity contribution in [3.8, 4) is 11.5 Å². The second-order valence-electron chi connectivity index (χ2n) is 5.70. The van der Waals surface area contributed by atoms with E-state index in [1.54, 1.807) is 13.0 Å². The lowest BCUT2D eigenvalue weighted by molar-refractivity contribution is -0.150. The Balaban J connectivity index is 2.31. The molecule has 1 N–H and O–H groups in total. The van der Waals surface area contributed by atoms with E-state index in [9.17, 15) is 19.2 Å². The molecule has 1 aromatic carbocycles. The molecule has 0 spiro atoms. The number of rotatable bonds is 8. The van der Waals surface area contributed by atoms with Crippen LogP contribution in [0.25, 0.3) is 6.08 Å². The van der Waals surface area contributed by atoms with Gasteiger partial charge in [0.2, 0.25) is 0 Å². The van der Waals surface area contributed by atoms with Gasteiger partial charge in [-0.15, -0.1) is 0 Å². The summed E-state index contributed by atoms with van der Waals surface area (Å²) in [4.78, 5) is 48.5. The summed E-state index contributed by atoms with van der Waals surface area (Å²) in [6, 6.07) is 2.08. The quantitative estimate of drug-likeness (QED) is 0.435. The maximum Gasteiger partial charge on any atom is 0.341 e. The molecule has 1 aromatic rings. The summed E-state index contributed by atoms with van der Waals surface area (Å²) in [5.41, 5.74) is 0.505. The lowest BCUT2D eigenvalue weighted by atomic mass is 10.1. The molecule has 0 saturated carbocycles. The van der Waals surface area contributed by atoms with Gasteiger partial charge in [-0.05, 0) is 65.3 Å². The molecule has 11 heteroatoms. The third-order valence-corrected chi connectivity index (χ3v) is 5.20. The monoisotopic (exact) mass is 487 g/mol. The Hall–Kier alpha value is -2.53. The SMILES string of the molecule is CCOC(=O)[C@H](C)N1C(=O)S/C(=C\c2cc(Br)c(OCC(=O)O)c(OC)c2)C1=O. The number of carboxylic acids is 1. The lowest BCUT2D eigenvalue weighted by Gasteiger charge is -2.19. The van der Waals surface area contributed by atoms with Crippen LogP contribution in [0.2, 0.25) is 0 Å². The van der Waals surface area contributed by atoms with Crippen LogP contribution < -0.4 is 9.47 Å². The van der Waals surface area contributed by atoms with E-state index < -0.39 is 35.7 Å². The fourth-order valence-electron chi connectivity index (χ4n) is 2.43. The van der Waals surface area contributed by atoms with Crippen molar-refractivity contribution >= 4 is 56.9 Å². The molecule has 1 heterocycles. The number of ether oxygens (including phenoxy) is 3. The first-order valence-electron chi connectivity index (χ1n) is 8.35. The summed E-state index contributed by atoms with van der Waals surface area (Å²) in [5, 5.41) is 8.19. The van der Waals surface area contributed by atoms with Gasteiger partial charge in [-0.3, -0.25) is 14.5 Å². The molecular weight excluding hydrogens is 470 g/mol. The summed E-state index contributed by atoms with van der Waals surface area (Å²) in [6.07, 6.45) is 1.47. The van der Waals surface area contributed by atoms with E-state index in [-0.39, 0.29) is 23.0 Å². The fourth-order valence-corrected chi connectivity index (χ4v) is 3.91. The first kappa shape index (κ1) is 22.8. The van der Waals surface area contributed by atoms with Gasteiger partial charge in [-0.2, -0.15) is 0 Å². The highest BCUT2D eigenvalue weighted by atomic mass is 79.9. The van der Waals surface area contributed by atoms with Crippen molar-refractivity contribution in [3.05, 3.63) is 27.1 Å². The highest BCUT2D eigenvalue weighted by Crippen LogP contribution is 2.39. The van der Waals surface area contributed by atoms with E-state index in [1.165, 1.54) is 26.2 Å². The number of nitrogens with zero attached hydrogens (tertiary/aromatic N) is 1. The average molecular weight is 488 g/mol. The minimum Gasteiger partial charge on any atom is -0.493 e. The molecular formula is C18H18BrNO8S. The van der Waals surface area contributed by atoms with Gasteiger partial charge in [0.15, 0.2) is 18.1 Å². The normalized spacial score (nSPS) is 16.1. The number of imide groups is 1. The number of carbonyl (C=O) groups excluding carboxylic acids is 3. The van der Waals surface area contributed by atoms with Gasteiger partial charge in [-0.25, -0.2) is 9.59 Å². The molecule has 0 radical (unpaired) electrons. The Bertz CT molecular complexity index is 885. The van der Waals surface area contributed by atoms with Crippen LogP contribution in [0.5, 0.6) is 11.5 Å². The summed E-state index contributed by atoms with van der Waals surface area (Å²) < 4.78 is 15.7. The van der Waals surface area contributed by atoms with Crippen molar-refractivity contribution in [2.75, 3.05) is 20.3 Å². The van der Waals surface area contributed by atoms with E-state index in [1.807, 2.05) is 0 Å². The van der Waals surface area contributed by atoms with Gasteiger partial charge in [0.05, 0.1) is 23.1 Å². The molecule has 0 unspecified atom stereocenters. The second-order valence-corrected chi connectivity index (χ2v) is 7.54. The Morgan fingerprint density at radius 3 is 2.62 bits per heavy atom. The Morgan fingerprint density at radius 1 is 1.34 bits per heavy atom. The van der Waals surface area contributed by atoms with Crippen LogP contribution >= 0.6 is 27.7 Å². The largest absolute Gasteiger partial charge is 0.493 e. The molecule has 2 amide bonds. The first-order valence-corrected chi connectivity index (χ1v) is 9.96. The average Bonchev–Trinajstić information content (AvgIpc) is 2.93. The number of carbonyl (C=O) groups is 4. The van der Waals surface area contributed by atoms with Crippen molar-refractivity contribution in [3.63, 3.8) is 0 Å². The number of halogens is 1. The number of hydrogen-bond donors (Lipinski definition) is 1. The van der Waals surface area contributed by atoms with Gasteiger partial charge >= 0.3 is 11.9 Å². The van der Waals surface area contributed by atoms with E-state index in [0.717, 1.165) is 4.90 Å². The number of esters is 1. The summed E-state index contributed by atoms with van der Waals surface area (Å²) in [7, 11) is 1.38. The van der Waals surface area contributed by atoms with Crippen molar-refractivity contribution < 1.29 is 38.5 Å². The summed E-state index contributed by atoms with van der Waals surface area (Å²) in [6.45, 7) is 2.64. The van der Waals surface area contributed by atoms with Gasteiger partial charge in [0.1, 0.15) is 6.04 Å². The highest BCUT2D eigenvalue weighted by molar-refractivity contribution is 9.10. The Kier molecular flexibility index (Phi) is 7.68. The van der Waals surface area contributed by atoms with E-state index in [2.05, 4.69) is 15.9 Å². The van der Waals surface area contributed by atoms with Gasteiger partial charge in [0, 0.05) is 0 Å². The van der Waals surface area contributed by atoms with Crippen LogP contribution in [-0.4, -0.2) is 59.5 Å². The zero-order valence-corrected chi connectivity index (χ0v) is 18.2. The van der Waals surface area contributed by atoms with Crippen LogP contribution in [0.15, 0.2) is 21.5 Å². The van der Waals surface area contributed by atoms with Crippen molar-refractivity contribution in [2.45, 2.75) is 19.9 Å². The molecule has 9 nitrogen and oxygen atoms in total. The zero-order valence-electron chi connectivity index (χ0n) is 15.8. The number of hydrogen-bond acceptors (Lipinski definition) is 8. The molecule has 0 aromatic heterocycles. The minimum atomic E-state index is -1.15. The number of carboxylic acid groups (broad SMARTS) is 1. The van der Waals surface area contributed by atoms with E-state index in [0.29, 0.717) is 21.8 Å². The second kappa shape index (κ2) is 9.79. The molecule has 156 valence electrons. The number of methoxy groups -OCH3 is 1. The molecule has 1 saturated heterocycles. The molecule has 29 heavy (non-hydrogen) atoms. The number of aliphatic carboxylic acids is 1. The summed E-state index contributed by atoms with van der Waals surface area (Å²) >= 11 is 3.98.